The summed E-state index contributed by atoms with van der Waals surface area (Å²) in [6.07, 6.45) is 0. The van der Waals surface area contributed by atoms with E-state index >= 15 is 0 Å². The third-order valence-electron chi connectivity index (χ3n) is 1.69. The van der Waals surface area contributed by atoms with Crippen molar-refractivity contribution < 1.29 is 9.47 Å². The Labute approximate surface area is 75.9 Å². The van der Waals surface area contributed by atoms with Gasteiger partial charge >= 0.3 is 0 Å². The van der Waals surface area contributed by atoms with Crippen LogP contribution in [0.4, 0.5) is 5.69 Å². The highest BCUT2D eigenvalue weighted by Gasteiger charge is 2.12. The van der Waals surface area contributed by atoms with Gasteiger partial charge in [0, 0.05) is 16.6 Å². The molecule has 0 saturated carbocycles. The monoisotopic (exact) mass is 183 g/mol. The molecule has 1 aromatic carbocycles. The van der Waals surface area contributed by atoms with Gasteiger partial charge in [-0.1, -0.05) is 0 Å². The molecule has 2 rings (SSSR count). The Hall–Kier alpha value is -1.03. The van der Waals surface area contributed by atoms with Crippen molar-refractivity contribution in [3.8, 4) is 11.5 Å². The van der Waals surface area contributed by atoms with E-state index in [9.17, 15) is 0 Å². The molecule has 0 atom stereocenters. The molecule has 64 valence electrons. The number of anilines is 1. The zero-order valence-corrected chi connectivity index (χ0v) is 7.30. The molecular weight excluding hydrogens is 174 g/mol. The zero-order chi connectivity index (χ0) is 8.55. The van der Waals surface area contributed by atoms with Crippen molar-refractivity contribution in [1.29, 1.82) is 0 Å². The average molecular weight is 183 g/mol. The summed E-state index contributed by atoms with van der Waals surface area (Å²) >= 11 is 4.17. The maximum absolute atomic E-state index is 5.63. The number of nitrogen functional groups attached to an aromatic ring is 1. The number of nitrogens with two attached hydrogens (primary N) is 1. The number of hydrogen-bond acceptors (Lipinski definition) is 4. The molecule has 0 fully saturated rings. The minimum atomic E-state index is 0.582. The van der Waals surface area contributed by atoms with Crippen LogP contribution >= 0.6 is 12.6 Å². The number of hydrogen-bond donors (Lipinski definition) is 2. The average Bonchev–Trinajstić information content (AvgIpc) is 2.07. The van der Waals surface area contributed by atoms with E-state index in [0.717, 1.165) is 10.6 Å². The van der Waals surface area contributed by atoms with Gasteiger partial charge in [0.2, 0.25) is 0 Å². The molecular formula is C8H9NO2S. The molecule has 4 heteroatoms. The quantitative estimate of drug-likeness (QED) is 0.471. The molecule has 3 nitrogen and oxygen atoms in total. The maximum Gasteiger partial charge on any atom is 0.163 e. The largest absolute Gasteiger partial charge is 0.486 e. The van der Waals surface area contributed by atoms with Crippen LogP contribution in [0.1, 0.15) is 0 Å². The van der Waals surface area contributed by atoms with Gasteiger partial charge in [-0.25, -0.2) is 0 Å². The molecule has 0 aliphatic carbocycles. The van der Waals surface area contributed by atoms with Gasteiger partial charge in [-0.05, 0) is 6.07 Å². The lowest BCUT2D eigenvalue weighted by molar-refractivity contribution is 0.171. The van der Waals surface area contributed by atoms with Crippen LogP contribution < -0.4 is 15.2 Å². The van der Waals surface area contributed by atoms with Gasteiger partial charge in [-0.15, -0.1) is 12.6 Å². The lowest BCUT2D eigenvalue weighted by Gasteiger charge is -2.18. The van der Waals surface area contributed by atoms with E-state index in [0.29, 0.717) is 24.7 Å². The first-order chi connectivity index (χ1) is 5.77. The van der Waals surface area contributed by atoms with Gasteiger partial charge in [-0.3, -0.25) is 0 Å². The van der Waals surface area contributed by atoms with E-state index in [-0.39, 0.29) is 0 Å². The maximum atomic E-state index is 5.63. The number of benzene rings is 1. The van der Waals surface area contributed by atoms with E-state index < -0.39 is 0 Å². The highest BCUT2D eigenvalue weighted by atomic mass is 32.1. The first-order valence-electron chi connectivity index (χ1n) is 3.65. The summed E-state index contributed by atoms with van der Waals surface area (Å²) in [6.45, 7) is 1.17. The molecule has 0 spiro atoms. The standard InChI is InChI=1S/C8H9NO2S/c9-5-3-6-7(4-8(5)12)11-2-1-10-6/h3-4,12H,1-2,9H2. The predicted octanol–water partition coefficient (Wildman–Crippen LogP) is 1.33. The summed E-state index contributed by atoms with van der Waals surface area (Å²) in [6, 6.07) is 3.50. The molecule has 0 bridgehead atoms. The fourth-order valence-corrected chi connectivity index (χ4v) is 1.28. The molecule has 2 N–H and O–H groups in total. The number of rotatable bonds is 0. The molecule has 0 radical (unpaired) electrons. The van der Waals surface area contributed by atoms with Crippen LogP contribution in [0.3, 0.4) is 0 Å². The fraction of sp³-hybridized carbons (Fsp3) is 0.250. The highest BCUT2D eigenvalue weighted by molar-refractivity contribution is 7.80. The van der Waals surface area contributed by atoms with Crippen LogP contribution in [-0.2, 0) is 0 Å². The van der Waals surface area contributed by atoms with Crippen LogP contribution in [-0.4, -0.2) is 13.2 Å². The van der Waals surface area contributed by atoms with Crippen molar-refractivity contribution in [3.63, 3.8) is 0 Å². The first kappa shape index (κ1) is 7.61. The zero-order valence-electron chi connectivity index (χ0n) is 6.41. The Balaban J connectivity index is 2.49. The van der Waals surface area contributed by atoms with E-state index in [1.54, 1.807) is 12.1 Å². The van der Waals surface area contributed by atoms with Crippen LogP contribution in [0.25, 0.3) is 0 Å². The smallest absolute Gasteiger partial charge is 0.163 e. The second kappa shape index (κ2) is 2.79. The van der Waals surface area contributed by atoms with E-state index in [2.05, 4.69) is 12.6 Å². The Kier molecular flexibility index (Phi) is 1.77. The Bertz CT molecular complexity index is 283. The van der Waals surface area contributed by atoms with Crippen molar-refractivity contribution in [2.45, 2.75) is 4.90 Å². The van der Waals surface area contributed by atoms with Crippen molar-refractivity contribution in [3.05, 3.63) is 12.1 Å². The third-order valence-corrected chi connectivity index (χ3v) is 2.08. The van der Waals surface area contributed by atoms with Crippen LogP contribution in [0.5, 0.6) is 11.5 Å². The normalized spacial score (nSPS) is 14.4. The first-order valence-corrected chi connectivity index (χ1v) is 4.10. The van der Waals surface area contributed by atoms with E-state index in [1.807, 2.05) is 0 Å². The number of thiol groups is 1. The van der Waals surface area contributed by atoms with Crippen molar-refractivity contribution in [2.75, 3.05) is 18.9 Å². The fourth-order valence-electron chi connectivity index (χ4n) is 1.09. The highest BCUT2D eigenvalue weighted by Crippen LogP contribution is 2.35. The van der Waals surface area contributed by atoms with Crippen molar-refractivity contribution >= 4 is 18.3 Å². The lowest BCUT2D eigenvalue weighted by Crippen LogP contribution is -2.15. The molecule has 12 heavy (non-hydrogen) atoms. The summed E-state index contributed by atoms with van der Waals surface area (Å²) in [5.41, 5.74) is 6.25. The van der Waals surface area contributed by atoms with Crippen molar-refractivity contribution in [2.24, 2.45) is 0 Å². The van der Waals surface area contributed by atoms with E-state index in [4.69, 9.17) is 15.2 Å². The minimum absolute atomic E-state index is 0.582. The molecule has 1 aromatic rings. The number of ether oxygens (including phenoxy) is 2. The molecule has 0 aromatic heterocycles. The molecule has 0 saturated heterocycles. The Morgan fingerprint density at radius 1 is 1.17 bits per heavy atom. The second-order valence-electron chi connectivity index (χ2n) is 2.55. The summed E-state index contributed by atoms with van der Waals surface area (Å²) in [7, 11) is 0. The summed E-state index contributed by atoms with van der Waals surface area (Å²) in [5.74, 6) is 1.43. The van der Waals surface area contributed by atoms with Crippen LogP contribution in [0.2, 0.25) is 0 Å². The van der Waals surface area contributed by atoms with Gasteiger partial charge in [0.15, 0.2) is 11.5 Å². The third kappa shape index (κ3) is 1.18. The van der Waals surface area contributed by atoms with Gasteiger partial charge in [0.05, 0.1) is 0 Å². The molecule has 0 unspecified atom stereocenters. The number of fused-ring (bicyclic) bond motifs is 1. The summed E-state index contributed by atoms with van der Waals surface area (Å²) in [5, 5.41) is 0. The van der Waals surface area contributed by atoms with Crippen LogP contribution in [0, 0.1) is 0 Å². The Morgan fingerprint density at radius 2 is 1.75 bits per heavy atom. The minimum Gasteiger partial charge on any atom is -0.486 e. The van der Waals surface area contributed by atoms with Gasteiger partial charge in [0.1, 0.15) is 13.2 Å². The lowest BCUT2D eigenvalue weighted by atomic mass is 10.2. The Morgan fingerprint density at radius 3 is 2.42 bits per heavy atom. The van der Waals surface area contributed by atoms with Crippen LogP contribution in [0.15, 0.2) is 17.0 Å². The van der Waals surface area contributed by atoms with Gasteiger partial charge in [0.25, 0.3) is 0 Å². The summed E-state index contributed by atoms with van der Waals surface area (Å²) in [4.78, 5) is 0.722. The summed E-state index contributed by atoms with van der Waals surface area (Å²) < 4.78 is 10.7. The predicted molar refractivity (Wildman–Crippen MR) is 49.1 cm³/mol. The molecule has 1 aliphatic rings. The SMILES string of the molecule is Nc1cc2c(cc1S)OCCO2. The molecule has 1 heterocycles. The van der Waals surface area contributed by atoms with E-state index in [1.165, 1.54) is 0 Å². The van der Waals surface area contributed by atoms with Gasteiger partial charge in [-0.2, -0.15) is 0 Å². The van der Waals surface area contributed by atoms with Gasteiger partial charge < -0.3 is 15.2 Å². The molecule has 0 amide bonds. The molecule has 1 aliphatic heterocycles. The second-order valence-corrected chi connectivity index (χ2v) is 3.04. The topological polar surface area (TPSA) is 44.5 Å². The van der Waals surface area contributed by atoms with Crippen molar-refractivity contribution in [1.82, 2.24) is 0 Å².